The van der Waals surface area contributed by atoms with Crippen molar-refractivity contribution in [2.24, 2.45) is 5.92 Å². The van der Waals surface area contributed by atoms with Crippen molar-refractivity contribution in [1.29, 1.82) is 0 Å². The number of hydrogen-bond donors (Lipinski definition) is 2. The van der Waals surface area contributed by atoms with Crippen LogP contribution in [0.25, 0.3) is 10.9 Å². The van der Waals surface area contributed by atoms with E-state index in [2.05, 4.69) is 121 Å². The molecule has 0 amide bonds. The highest BCUT2D eigenvalue weighted by molar-refractivity contribution is 7.80. The summed E-state index contributed by atoms with van der Waals surface area (Å²) in [6.45, 7) is 9.75. The van der Waals surface area contributed by atoms with Crippen molar-refractivity contribution in [3.63, 3.8) is 0 Å². The average Bonchev–Trinajstić information content (AvgIpc) is 2.88. The summed E-state index contributed by atoms with van der Waals surface area (Å²) >= 11 is 5.77. The zero-order valence-electron chi connectivity index (χ0n) is 21.5. The van der Waals surface area contributed by atoms with Crippen LogP contribution in [0.2, 0.25) is 0 Å². The Morgan fingerprint density at radius 1 is 0.861 bits per heavy atom. The van der Waals surface area contributed by atoms with Crippen molar-refractivity contribution in [3.05, 3.63) is 102 Å². The number of para-hydroxylation sites is 1. The van der Waals surface area contributed by atoms with E-state index in [0.717, 1.165) is 59.1 Å². The molecular formula is C31H36N4S. The number of nitrogens with one attached hydrogen (secondary N) is 2. The molecule has 0 aliphatic heterocycles. The van der Waals surface area contributed by atoms with Crippen molar-refractivity contribution in [1.82, 2.24) is 10.3 Å². The lowest BCUT2D eigenvalue weighted by molar-refractivity contribution is 0.688. The first kappa shape index (κ1) is 25.6. The van der Waals surface area contributed by atoms with E-state index in [1.807, 2.05) is 0 Å². The zero-order valence-corrected chi connectivity index (χ0v) is 22.3. The predicted molar refractivity (Wildman–Crippen MR) is 158 cm³/mol. The summed E-state index contributed by atoms with van der Waals surface area (Å²) in [4.78, 5) is 8.49. The number of likely N-dealkylation sites (N-methyl/N-ethyl adjacent to an activating group) is 1. The molecular weight excluding hydrogens is 460 g/mol. The number of benzene rings is 3. The zero-order chi connectivity index (χ0) is 25.3. The summed E-state index contributed by atoms with van der Waals surface area (Å²) in [5.74, 6) is 1.49. The smallest absolute Gasteiger partial charge is 0.135 e. The Labute approximate surface area is 220 Å². The first-order valence-electron chi connectivity index (χ1n) is 12.8. The first-order valence-corrected chi connectivity index (χ1v) is 13.2. The Bertz CT molecular complexity index is 1230. The van der Waals surface area contributed by atoms with E-state index in [0.29, 0.717) is 12.3 Å². The van der Waals surface area contributed by atoms with E-state index >= 15 is 0 Å². The van der Waals surface area contributed by atoms with Gasteiger partial charge in [0.25, 0.3) is 0 Å². The van der Waals surface area contributed by atoms with Crippen LogP contribution in [0.3, 0.4) is 0 Å². The molecule has 0 atom stereocenters. The molecule has 0 radical (unpaired) electrons. The van der Waals surface area contributed by atoms with Gasteiger partial charge in [0, 0.05) is 43.5 Å². The van der Waals surface area contributed by atoms with Crippen molar-refractivity contribution in [2.75, 3.05) is 23.3 Å². The van der Waals surface area contributed by atoms with Crippen LogP contribution >= 0.6 is 12.2 Å². The van der Waals surface area contributed by atoms with Gasteiger partial charge in [0.2, 0.25) is 0 Å². The van der Waals surface area contributed by atoms with Crippen molar-refractivity contribution >= 4 is 39.6 Å². The molecule has 3 aromatic carbocycles. The number of hydrogen-bond acceptors (Lipinski definition) is 4. The van der Waals surface area contributed by atoms with Crippen LogP contribution in [-0.4, -0.2) is 23.1 Å². The van der Waals surface area contributed by atoms with Crippen LogP contribution in [0.4, 0.5) is 11.5 Å². The molecule has 186 valence electrons. The van der Waals surface area contributed by atoms with Gasteiger partial charge in [-0.1, -0.05) is 105 Å². The second-order valence-corrected chi connectivity index (χ2v) is 10.0. The molecule has 0 unspecified atom stereocenters. The third-order valence-electron chi connectivity index (χ3n) is 6.10. The predicted octanol–water partition coefficient (Wildman–Crippen LogP) is 6.99. The van der Waals surface area contributed by atoms with Gasteiger partial charge in [0.1, 0.15) is 5.82 Å². The number of pyridine rings is 1. The number of nitrogens with zero attached hydrogens (tertiary/aromatic N) is 2. The summed E-state index contributed by atoms with van der Waals surface area (Å²) in [7, 11) is 0. The van der Waals surface area contributed by atoms with Crippen LogP contribution < -0.4 is 15.5 Å². The largest absolute Gasteiger partial charge is 0.384 e. The molecule has 36 heavy (non-hydrogen) atoms. The number of anilines is 2. The minimum absolute atomic E-state index is 0.513. The van der Waals surface area contributed by atoms with Gasteiger partial charge in [0.05, 0.1) is 16.2 Å². The molecule has 0 aliphatic carbocycles. The summed E-state index contributed by atoms with van der Waals surface area (Å²) in [5.41, 5.74) is 5.77. The van der Waals surface area contributed by atoms with Gasteiger partial charge in [-0.05, 0) is 30.0 Å². The highest BCUT2D eigenvalue weighted by Gasteiger charge is 2.22. The number of rotatable bonds is 11. The molecule has 0 spiro atoms. The maximum Gasteiger partial charge on any atom is 0.135 e. The number of fused-ring (bicyclic) bond motifs is 1. The second kappa shape index (κ2) is 12.5. The van der Waals surface area contributed by atoms with Crippen LogP contribution in [0.15, 0.2) is 84.9 Å². The molecule has 4 nitrogen and oxygen atoms in total. The summed E-state index contributed by atoms with van der Waals surface area (Å²) in [6.07, 6.45) is 0.636. The molecule has 4 rings (SSSR count). The lowest BCUT2D eigenvalue weighted by Gasteiger charge is -2.29. The number of aromatic nitrogens is 1. The maximum atomic E-state index is 5.77. The van der Waals surface area contributed by atoms with Crippen LogP contribution in [-0.2, 0) is 19.5 Å². The van der Waals surface area contributed by atoms with Gasteiger partial charge in [-0.15, -0.1) is 0 Å². The Morgan fingerprint density at radius 3 is 2.03 bits per heavy atom. The lowest BCUT2D eigenvalue weighted by atomic mass is 10.0. The van der Waals surface area contributed by atoms with Crippen LogP contribution in [0.1, 0.15) is 37.5 Å². The topological polar surface area (TPSA) is 40.2 Å². The van der Waals surface area contributed by atoms with Gasteiger partial charge >= 0.3 is 0 Å². The lowest BCUT2D eigenvalue weighted by Crippen LogP contribution is -2.28. The summed E-state index contributed by atoms with van der Waals surface area (Å²) in [5, 5.41) is 8.26. The van der Waals surface area contributed by atoms with Crippen molar-refractivity contribution in [2.45, 2.75) is 40.3 Å². The van der Waals surface area contributed by atoms with Gasteiger partial charge in [0.15, 0.2) is 0 Å². The highest BCUT2D eigenvalue weighted by atomic mass is 32.1. The van der Waals surface area contributed by atoms with E-state index in [1.54, 1.807) is 0 Å². The molecule has 5 heteroatoms. The van der Waals surface area contributed by atoms with E-state index in [4.69, 9.17) is 17.2 Å². The third kappa shape index (κ3) is 6.61. The summed E-state index contributed by atoms with van der Waals surface area (Å²) in [6, 6.07) is 29.7. The molecule has 0 saturated carbocycles. The fraction of sp³-hybridized carbons (Fsp3) is 0.290. The van der Waals surface area contributed by atoms with E-state index in [9.17, 15) is 0 Å². The maximum absolute atomic E-state index is 5.77. The Morgan fingerprint density at radius 2 is 1.44 bits per heavy atom. The minimum atomic E-state index is 0.513. The monoisotopic (exact) mass is 496 g/mol. The normalized spacial score (nSPS) is 11.0. The molecule has 0 bridgehead atoms. The van der Waals surface area contributed by atoms with Gasteiger partial charge in [-0.25, -0.2) is 4.98 Å². The Balaban J connectivity index is 1.89. The second-order valence-electron chi connectivity index (χ2n) is 9.54. The van der Waals surface area contributed by atoms with E-state index in [1.165, 1.54) is 11.1 Å². The molecule has 2 N–H and O–H groups in total. The van der Waals surface area contributed by atoms with Gasteiger partial charge < -0.3 is 15.5 Å². The number of thiocarbonyl (C=S) groups is 1. The van der Waals surface area contributed by atoms with Crippen LogP contribution in [0, 0.1) is 5.92 Å². The quantitative estimate of drug-likeness (QED) is 0.219. The van der Waals surface area contributed by atoms with E-state index in [-0.39, 0.29) is 0 Å². The van der Waals surface area contributed by atoms with E-state index < -0.39 is 0 Å². The van der Waals surface area contributed by atoms with Gasteiger partial charge in [-0.2, -0.15) is 0 Å². The van der Waals surface area contributed by atoms with Crippen LogP contribution in [0.5, 0.6) is 0 Å². The molecule has 1 aromatic heterocycles. The fourth-order valence-corrected chi connectivity index (χ4v) is 4.70. The van der Waals surface area contributed by atoms with Crippen molar-refractivity contribution in [3.8, 4) is 0 Å². The summed E-state index contributed by atoms with van der Waals surface area (Å²) < 4.78 is 0. The average molecular weight is 497 g/mol. The standard InChI is InChI=1S/C31H36N4S/c1-4-32-29(36)19-27-30(33-20-23(2)3)26-17-11-12-18-28(26)34-31(27)35(21-24-13-7-5-8-14-24)22-25-15-9-6-10-16-25/h5-18,23H,4,19-22H2,1-3H3,(H,32,36)(H,33,34). The molecule has 0 aliphatic rings. The molecule has 0 saturated heterocycles. The first-order chi connectivity index (χ1) is 17.5. The van der Waals surface area contributed by atoms with Gasteiger partial charge in [-0.3, -0.25) is 0 Å². The fourth-order valence-electron chi connectivity index (χ4n) is 4.41. The Kier molecular flexibility index (Phi) is 8.90. The highest BCUT2D eigenvalue weighted by Crippen LogP contribution is 2.35. The van der Waals surface area contributed by atoms with Crippen molar-refractivity contribution < 1.29 is 0 Å². The third-order valence-corrected chi connectivity index (χ3v) is 6.39. The minimum Gasteiger partial charge on any atom is -0.384 e. The SMILES string of the molecule is CCNC(=S)Cc1c(N(Cc2ccccc2)Cc2ccccc2)nc2ccccc2c1NCC(C)C. The molecule has 0 fully saturated rings. The molecule has 4 aromatic rings. The Hall–Kier alpha value is -3.44. The molecule has 1 heterocycles.